The molecule has 6 nitrogen and oxygen atoms in total. The number of nitrogens with zero attached hydrogens (tertiary/aromatic N) is 2. The molecule has 1 saturated heterocycles. The summed E-state index contributed by atoms with van der Waals surface area (Å²) in [7, 11) is 3.29. The maximum Gasteiger partial charge on any atom is 0.268 e. The van der Waals surface area contributed by atoms with E-state index in [1.165, 1.54) is 0 Å². The summed E-state index contributed by atoms with van der Waals surface area (Å²) in [5, 5.41) is 0.515. The third-order valence-electron chi connectivity index (χ3n) is 6.20. The molecule has 2 amide bonds. The van der Waals surface area contributed by atoms with Crippen molar-refractivity contribution in [2.45, 2.75) is 11.6 Å². The molecule has 162 valence electrons. The summed E-state index contributed by atoms with van der Waals surface area (Å²) >= 11 is 6.42. The van der Waals surface area contributed by atoms with Gasteiger partial charge in [0.1, 0.15) is 23.6 Å². The van der Waals surface area contributed by atoms with E-state index >= 15 is 0 Å². The number of rotatable bonds is 4. The molecule has 0 bridgehead atoms. The van der Waals surface area contributed by atoms with E-state index in [1.54, 1.807) is 48.2 Å². The predicted molar refractivity (Wildman–Crippen MR) is 121 cm³/mol. The van der Waals surface area contributed by atoms with Crippen LogP contribution in [-0.2, 0) is 15.1 Å². The molecule has 0 aliphatic carbocycles. The van der Waals surface area contributed by atoms with Gasteiger partial charge in [-0.2, -0.15) is 0 Å². The molecule has 0 aromatic heterocycles. The van der Waals surface area contributed by atoms with E-state index < -0.39 is 11.6 Å². The van der Waals surface area contributed by atoms with Crippen LogP contribution in [0.25, 0.3) is 0 Å². The first-order valence-electron chi connectivity index (χ1n) is 10.2. The summed E-state index contributed by atoms with van der Waals surface area (Å²) in [6.45, 7) is -0.0610. The van der Waals surface area contributed by atoms with E-state index in [4.69, 9.17) is 21.1 Å². The Bertz CT molecular complexity index is 1220. The van der Waals surface area contributed by atoms with Gasteiger partial charge < -0.3 is 19.3 Å². The van der Waals surface area contributed by atoms with Gasteiger partial charge >= 0.3 is 0 Å². The van der Waals surface area contributed by atoms with Crippen LogP contribution in [0.15, 0.2) is 72.8 Å². The van der Waals surface area contributed by atoms with Gasteiger partial charge in [0.15, 0.2) is 0 Å². The minimum absolute atomic E-state index is 0.0610. The molecule has 5 rings (SSSR count). The van der Waals surface area contributed by atoms with Crippen molar-refractivity contribution in [1.82, 2.24) is 4.90 Å². The van der Waals surface area contributed by atoms with Crippen molar-refractivity contribution < 1.29 is 19.1 Å². The average Bonchev–Trinajstić information content (AvgIpc) is 2.90. The SMILES string of the molecule is COc1cccc(O[C@@H]2C(=O)N3CC(=O)N(C)c4ccc(Cl)cc4[C@@]23c2ccccc2)c1. The van der Waals surface area contributed by atoms with Crippen LogP contribution in [0.5, 0.6) is 11.5 Å². The minimum atomic E-state index is -1.01. The van der Waals surface area contributed by atoms with Gasteiger partial charge in [0.2, 0.25) is 12.0 Å². The molecular formula is C25H21ClN2O4. The van der Waals surface area contributed by atoms with Gasteiger partial charge in [0.25, 0.3) is 5.91 Å². The number of hydrogen-bond acceptors (Lipinski definition) is 4. The van der Waals surface area contributed by atoms with Gasteiger partial charge in [-0.15, -0.1) is 0 Å². The van der Waals surface area contributed by atoms with Crippen LogP contribution in [0.2, 0.25) is 5.02 Å². The summed E-state index contributed by atoms with van der Waals surface area (Å²) in [6.07, 6.45) is -0.881. The molecule has 0 spiro atoms. The van der Waals surface area contributed by atoms with Crippen molar-refractivity contribution in [1.29, 1.82) is 0 Å². The molecule has 7 heteroatoms. The summed E-state index contributed by atoms with van der Waals surface area (Å²) in [4.78, 5) is 29.5. The third-order valence-corrected chi connectivity index (χ3v) is 6.44. The number of carbonyl (C=O) groups excluding carboxylic acids is 2. The van der Waals surface area contributed by atoms with Crippen LogP contribution in [-0.4, -0.2) is 43.5 Å². The fourth-order valence-corrected chi connectivity index (χ4v) is 4.81. The number of amides is 2. The molecular weight excluding hydrogens is 428 g/mol. The lowest BCUT2D eigenvalue weighted by molar-refractivity contribution is -0.177. The number of ether oxygens (including phenoxy) is 2. The number of fused-ring (bicyclic) bond motifs is 3. The van der Waals surface area contributed by atoms with Crippen molar-refractivity contribution in [3.8, 4) is 11.5 Å². The quantitative estimate of drug-likeness (QED) is 0.569. The lowest BCUT2D eigenvalue weighted by Crippen LogP contribution is -2.74. The average molecular weight is 449 g/mol. The van der Waals surface area contributed by atoms with Crippen LogP contribution in [0.3, 0.4) is 0 Å². The molecule has 2 aliphatic heterocycles. The number of carbonyl (C=O) groups is 2. The monoisotopic (exact) mass is 448 g/mol. The summed E-state index contributed by atoms with van der Waals surface area (Å²) < 4.78 is 11.6. The van der Waals surface area contributed by atoms with Crippen LogP contribution in [0.1, 0.15) is 11.1 Å². The number of benzene rings is 3. The highest BCUT2D eigenvalue weighted by molar-refractivity contribution is 6.30. The van der Waals surface area contributed by atoms with Crippen molar-refractivity contribution in [3.05, 3.63) is 88.9 Å². The van der Waals surface area contributed by atoms with Crippen molar-refractivity contribution in [2.75, 3.05) is 25.6 Å². The van der Waals surface area contributed by atoms with Gasteiger partial charge in [-0.3, -0.25) is 9.59 Å². The van der Waals surface area contributed by atoms with E-state index in [0.717, 1.165) is 11.1 Å². The molecule has 2 heterocycles. The van der Waals surface area contributed by atoms with Crippen LogP contribution < -0.4 is 14.4 Å². The first-order chi connectivity index (χ1) is 15.5. The largest absolute Gasteiger partial charge is 0.497 e. The summed E-state index contributed by atoms with van der Waals surface area (Å²) in [5.74, 6) is 0.690. The molecule has 2 atom stereocenters. The Morgan fingerprint density at radius 3 is 2.47 bits per heavy atom. The number of β-lactam (4-membered cyclic amide) rings is 1. The van der Waals surface area contributed by atoms with E-state index in [2.05, 4.69) is 0 Å². The molecule has 0 N–H and O–H groups in total. The first kappa shape index (κ1) is 20.4. The maximum atomic E-state index is 13.4. The molecule has 3 aromatic rings. The van der Waals surface area contributed by atoms with E-state index in [-0.39, 0.29) is 18.4 Å². The van der Waals surface area contributed by atoms with E-state index in [9.17, 15) is 9.59 Å². The van der Waals surface area contributed by atoms with Crippen LogP contribution in [0, 0.1) is 0 Å². The van der Waals surface area contributed by atoms with Gasteiger partial charge in [-0.25, -0.2) is 0 Å². The van der Waals surface area contributed by atoms with Crippen molar-refractivity contribution in [3.63, 3.8) is 0 Å². The zero-order valence-electron chi connectivity index (χ0n) is 17.6. The lowest BCUT2D eigenvalue weighted by atomic mass is 9.69. The van der Waals surface area contributed by atoms with Gasteiger partial charge in [-0.1, -0.05) is 48.0 Å². The molecule has 0 radical (unpaired) electrons. The highest BCUT2D eigenvalue weighted by Crippen LogP contribution is 2.53. The van der Waals surface area contributed by atoms with E-state index in [0.29, 0.717) is 22.2 Å². The lowest BCUT2D eigenvalue weighted by Gasteiger charge is -2.56. The molecule has 2 aliphatic rings. The zero-order valence-corrected chi connectivity index (χ0v) is 18.4. The highest BCUT2D eigenvalue weighted by atomic mass is 35.5. The maximum absolute atomic E-state index is 13.4. The topological polar surface area (TPSA) is 59.1 Å². The normalized spacial score (nSPS) is 21.9. The second-order valence-electron chi connectivity index (χ2n) is 7.85. The number of halogens is 1. The van der Waals surface area contributed by atoms with Crippen LogP contribution in [0.4, 0.5) is 5.69 Å². The predicted octanol–water partition coefficient (Wildman–Crippen LogP) is 3.86. The summed E-state index contributed by atoms with van der Waals surface area (Å²) in [5.41, 5.74) is 1.27. The Labute approximate surface area is 190 Å². The van der Waals surface area contributed by atoms with Crippen molar-refractivity contribution in [2.24, 2.45) is 0 Å². The second kappa shape index (κ2) is 7.57. The number of likely N-dealkylation sites (N-methyl/N-ethyl adjacent to an activating group) is 1. The standard InChI is InChI=1S/C25H21ClN2O4/c1-27-21-12-11-17(26)13-20(21)25(16-7-4-3-5-8-16)23(24(30)28(25)15-22(27)29)32-19-10-6-9-18(14-19)31-2/h3-14,23H,15H2,1-2H3/t23-,25+/m1/s1. The number of hydrogen-bond donors (Lipinski definition) is 0. The molecule has 1 fully saturated rings. The Morgan fingerprint density at radius 2 is 1.72 bits per heavy atom. The molecule has 0 saturated carbocycles. The second-order valence-corrected chi connectivity index (χ2v) is 8.28. The Kier molecular flexibility index (Phi) is 4.82. The summed E-state index contributed by atoms with van der Waals surface area (Å²) in [6, 6.07) is 22.1. The fraction of sp³-hybridized carbons (Fsp3) is 0.200. The van der Waals surface area contributed by atoms with E-state index in [1.807, 2.05) is 48.5 Å². The van der Waals surface area contributed by atoms with Gasteiger partial charge in [-0.05, 0) is 35.9 Å². The fourth-order valence-electron chi connectivity index (χ4n) is 4.64. The van der Waals surface area contributed by atoms with Gasteiger partial charge in [0, 0.05) is 29.4 Å². The highest BCUT2D eigenvalue weighted by Gasteiger charge is 2.66. The molecule has 0 unspecified atom stereocenters. The molecule has 32 heavy (non-hydrogen) atoms. The van der Waals surface area contributed by atoms with Crippen molar-refractivity contribution >= 4 is 29.1 Å². The Morgan fingerprint density at radius 1 is 0.969 bits per heavy atom. The number of anilines is 1. The first-order valence-corrected chi connectivity index (χ1v) is 10.6. The van der Waals surface area contributed by atoms with Gasteiger partial charge in [0.05, 0.1) is 7.11 Å². The smallest absolute Gasteiger partial charge is 0.268 e. The Balaban J connectivity index is 1.74. The Hall–Kier alpha value is -3.51. The molecule has 3 aromatic carbocycles. The van der Waals surface area contributed by atoms with Crippen LogP contribution >= 0.6 is 11.6 Å². The third kappa shape index (κ3) is 2.87. The zero-order chi connectivity index (χ0) is 22.5. The minimum Gasteiger partial charge on any atom is -0.497 e. The number of methoxy groups -OCH3 is 1.